The normalized spacial score (nSPS) is 22.6. The Morgan fingerprint density at radius 3 is 2.61 bits per heavy atom. The van der Waals surface area contributed by atoms with E-state index in [0.29, 0.717) is 18.5 Å². The number of halogens is 1. The fourth-order valence-electron chi connectivity index (χ4n) is 4.19. The molecule has 1 saturated carbocycles. The van der Waals surface area contributed by atoms with Crippen LogP contribution < -0.4 is 10.6 Å². The molecule has 1 aromatic heterocycles. The average molecular weight is 503 g/mol. The zero-order valence-electron chi connectivity index (χ0n) is 18.0. The maximum Gasteiger partial charge on any atom is 0.213 e. The van der Waals surface area contributed by atoms with Crippen molar-refractivity contribution >= 4 is 29.9 Å². The number of aromatic nitrogens is 1. The number of hydrogen-bond acceptors (Lipinski definition) is 4. The predicted octanol–water partition coefficient (Wildman–Crippen LogP) is 4.05. The lowest BCUT2D eigenvalue weighted by atomic mass is 9.92. The first-order valence-electron chi connectivity index (χ1n) is 10.6. The van der Waals surface area contributed by atoms with Crippen LogP contribution in [0.4, 0.5) is 0 Å². The van der Waals surface area contributed by atoms with Crippen LogP contribution in [0.25, 0.3) is 0 Å². The Kier molecular flexibility index (Phi) is 9.05. The third-order valence-electron chi connectivity index (χ3n) is 5.81. The molecule has 1 unspecified atom stereocenters. The van der Waals surface area contributed by atoms with Crippen LogP contribution >= 0.6 is 24.0 Å². The molecule has 1 saturated heterocycles. The van der Waals surface area contributed by atoms with E-state index in [1.54, 1.807) is 0 Å². The highest BCUT2D eigenvalue weighted by Crippen LogP contribution is 2.25. The molecule has 1 aliphatic heterocycles. The molecule has 2 heterocycles. The molecule has 7 heteroatoms. The molecular weight excluding hydrogens is 465 g/mol. The lowest BCUT2D eigenvalue weighted by molar-refractivity contribution is 0.115. The van der Waals surface area contributed by atoms with Gasteiger partial charge in [-0.25, -0.2) is 4.98 Å². The smallest absolute Gasteiger partial charge is 0.213 e. The lowest BCUT2D eigenvalue weighted by Gasteiger charge is -2.40. The van der Waals surface area contributed by atoms with Gasteiger partial charge in [0.25, 0.3) is 0 Å². The van der Waals surface area contributed by atoms with E-state index in [-0.39, 0.29) is 29.4 Å². The molecule has 2 fully saturated rings. The van der Waals surface area contributed by atoms with Gasteiger partial charge in [0.2, 0.25) is 5.89 Å². The molecule has 1 aromatic rings. The summed E-state index contributed by atoms with van der Waals surface area (Å²) in [5.41, 5.74) is -0.0180. The Hall–Kier alpha value is -0.830. The van der Waals surface area contributed by atoms with Crippen molar-refractivity contribution in [1.82, 2.24) is 20.5 Å². The average Bonchev–Trinajstić information content (AvgIpc) is 3.15. The van der Waals surface area contributed by atoms with Crippen LogP contribution in [0.15, 0.2) is 15.6 Å². The molecule has 0 amide bonds. The van der Waals surface area contributed by atoms with Crippen molar-refractivity contribution in [2.75, 3.05) is 20.1 Å². The summed E-state index contributed by atoms with van der Waals surface area (Å²) in [6.07, 6.45) is 11.3. The summed E-state index contributed by atoms with van der Waals surface area (Å²) in [7, 11) is 1.83. The molecule has 0 aromatic carbocycles. The van der Waals surface area contributed by atoms with Gasteiger partial charge in [0, 0.05) is 31.1 Å². The number of hydrogen-bond donors (Lipinski definition) is 2. The highest BCUT2D eigenvalue weighted by Gasteiger charge is 2.27. The van der Waals surface area contributed by atoms with Gasteiger partial charge in [-0.15, -0.1) is 24.0 Å². The summed E-state index contributed by atoms with van der Waals surface area (Å²) < 4.78 is 5.86. The van der Waals surface area contributed by atoms with Gasteiger partial charge in [-0.3, -0.25) is 9.89 Å². The molecule has 3 rings (SSSR count). The fourth-order valence-corrected chi connectivity index (χ4v) is 4.19. The quantitative estimate of drug-likeness (QED) is 0.369. The van der Waals surface area contributed by atoms with Crippen molar-refractivity contribution in [3.8, 4) is 0 Å². The van der Waals surface area contributed by atoms with Gasteiger partial charge in [-0.2, -0.15) is 0 Å². The highest BCUT2D eigenvalue weighted by atomic mass is 127. The summed E-state index contributed by atoms with van der Waals surface area (Å²) in [4.78, 5) is 11.5. The van der Waals surface area contributed by atoms with E-state index in [0.717, 1.165) is 24.3 Å². The van der Waals surface area contributed by atoms with Crippen LogP contribution in [0, 0.1) is 0 Å². The maximum absolute atomic E-state index is 5.86. The Morgan fingerprint density at radius 2 is 1.96 bits per heavy atom. The predicted molar refractivity (Wildman–Crippen MR) is 125 cm³/mol. The van der Waals surface area contributed by atoms with E-state index in [9.17, 15) is 0 Å². The van der Waals surface area contributed by atoms with E-state index in [2.05, 4.69) is 46.3 Å². The largest absolute Gasteiger partial charge is 0.443 e. The van der Waals surface area contributed by atoms with Crippen molar-refractivity contribution in [3.05, 3.63) is 17.8 Å². The van der Waals surface area contributed by atoms with Gasteiger partial charge >= 0.3 is 0 Å². The van der Waals surface area contributed by atoms with Gasteiger partial charge in [0.1, 0.15) is 5.76 Å². The van der Waals surface area contributed by atoms with Gasteiger partial charge in [0.05, 0.1) is 12.7 Å². The number of piperidine rings is 1. The molecule has 1 aliphatic carbocycles. The van der Waals surface area contributed by atoms with Crippen molar-refractivity contribution in [3.63, 3.8) is 0 Å². The second kappa shape index (κ2) is 10.8. The van der Waals surface area contributed by atoms with Crippen LogP contribution in [0.3, 0.4) is 0 Å². The topological polar surface area (TPSA) is 65.7 Å². The first kappa shape index (κ1) is 23.4. The number of aliphatic imine (C=N–C) groups is 1. The monoisotopic (exact) mass is 503 g/mol. The molecule has 0 radical (unpaired) electrons. The number of rotatable bonds is 4. The second-order valence-corrected chi connectivity index (χ2v) is 9.06. The van der Waals surface area contributed by atoms with Crippen LogP contribution in [0.2, 0.25) is 0 Å². The van der Waals surface area contributed by atoms with E-state index >= 15 is 0 Å². The van der Waals surface area contributed by atoms with Crippen molar-refractivity contribution in [2.24, 2.45) is 4.99 Å². The Labute approximate surface area is 187 Å². The van der Waals surface area contributed by atoms with E-state index in [1.165, 1.54) is 51.5 Å². The Morgan fingerprint density at radius 1 is 1.21 bits per heavy atom. The third kappa shape index (κ3) is 6.61. The molecule has 1 atom stereocenters. The summed E-state index contributed by atoms with van der Waals surface area (Å²) >= 11 is 0. The van der Waals surface area contributed by atoms with Gasteiger partial charge in [0.15, 0.2) is 5.96 Å². The standard InChI is InChI=1S/C21H37N5O.HI/c1-21(2,3)18-13-23-19(27-18)14-24-20(22-4)25-16-9-8-12-26(15-16)17-10-6-5-7-11-17;/h13,16-17H,5-12,14-15H2,1-4H3,(H2,22,24,25);1H. The second-order valence-electron chi connectivity index (χ2n) is 9.06. The molecule has 2 aliphatic rings. The van der Waals surface area contributed by atoms with Crippen LogP contribution in [-0.4, -0.2) is 48.1 Å². The summed E-state index contributed by atoms with van der Waals surface area (Å²) in [5, 5.41) is 6.97. The number of guanidine groups is 1. The lowest BCUT2D eigenvalue weighted by Crippen LogP contribution is -2.53. The molecule has 28 heavy (non-hydrogen) atoms. The molecular formula is C21H38IN5O. The van der Waals surface area contributed by atoms with Gasteiger partial charge in [-0.05, 0) is 32.2 Å². The summed E-state index contributed by atoms with van der Waals surface area (Å²) in [6.45, 7) is 9.32. The van der Waals surface area contributed by atoms with Crippen molar-refractivity contribution in [1.29, 1.82) is 0 Å². The van der Waals surface area contributed by atoms with Crippen molar-refractivity contribution in [2.45, 2.75) is 89.8 Å². The Bertz CT molecular complexity index is 619. The Balaban J connectivity index is 0.00000280. The van der Waals surface area contributed by atoms with Gasteiger partial charge in [-0.1, -0.05) is 40.0 Å². The molecule has 0 spiro atoms. The minimum atomic E-state index is -0.0180. The first-order chi connectivity index (χ1) is 13.0. The zero-order chi connectivity index (χ0) is 19.3. The number of nitrogens with one attached hydrogen (secondary N) is 2. The maximum atomic E-state index is 5.86. The molecule has 160 valence electrons. The SMILES string of the molecule is CN=C(NCc1ncc(C(C)(C)C)o1)NC1CCCN(C2CCCCC2)C1.I. The van der Waals surface area contributed by atoms with Crippen LogP contribution in [0.5, 0.6) is 0 Å². The van der Waals surface area contributed by atoms with Gasteiger partial charge < -0.3 is 15.1 Å². The number of oxazole rings is 1. The van der Waals surface area contributed by atoms with Crippen LogP contribution in [0.1, 0.15) is 77.4 Å². The first-order valence-corrected chi connectivity index (χ1v) is 10.6. The third-order valence-corrected chi connectivity index (χ3v) is 5.81. The fraction of sp³-hybridized carbons (Fsp3) is 0.810. The molecule has 6 nitrogen and oxygen atoms in total. The van der Waals surface area contributed by atoms with Crippen molar-refractivity contribution < 1.29 is 4.42 Å². The number of nitrogens with zero attached hydrogens (tertiary/aromatic N) is 3. The van der Waals surface area contributed by atoms with E-state index < -0.39 is 0 Å². The summed E-state index contributed by atoms with van der Waals surface area (Å²) in [5.74, 6) is 2.45. The van der Waals surface area contributed by atoms with E-state index in [1.807, 2.05) is 13.2 Å². The molecule has 2 N–H and O–H groups in total. The number of likely N-dealkylation sites (tertiary alicyclic amines) is 1. The highest BCUT2D eigenvalue weighted by molar-refractivity contribution is 14.0. The zero-order valence-corrected chi connectivity index (χ0v) is 20.3. The summed E-state index contributed by atoms with van der Waals surface area (Å²) in [6, 6.07) is 1.25. The van der Waals surface area contributed by atoms with Crippen LogP contribution in [-0.2, 0) is 12.0 Å². The minimum Gasteiger partial charge on any atom is -0.443 e. The van der Waals surface area contributed by atoms with E-state index in [4.69, 9.17) is 4.42 Å². The molecule has 0 bridgehead atoms. The minimum absolute atomic E-state index is 0.